The number of ether oxygens (including phenoxy) is 1. The minimum Gasteiger partial charge on any atom is -0.486 e. The molecule has 0 bridgehead atoms. The third-order valence-corrected chi connectivity index (χ3v) is 4.60. The van der Waals surface area contributed by atoms with Crippen LogP contribution in [0.1, 0.15) is 46.9 Å². The molecule has 0 radical (unpaired) electrons. The van der Waals surface area contributed by atoms with Crippen molar-refractivity contribution in [3.8, 4) is 5.75 Å². The summed E-state index contributed by atoms with van der Waals surface area (Å²) >= 11 is 5.91. The molecule has 0 saturated carbocycles. The molecule has 2 amide bonds. The number of amides is 2. The van der Waals surface area contributed by atoms with Crippen LogP contribution in [0.4, 0.5) is 5.69 Å². The van der Waals surface area contributed by atoms with Crippen LogP contribution in [0.3, 0.4) is 0 Å². The number of hydrogen-bond acceptors (Lipinski definition) is 5. The molecule has 0 aliphatic heterocycles. The van der Waals surface area contributed by atoms with Gasteiger partial charge in [0, 0.05) is 28.4 Å². The maximum absolute atomic E-state index is 12.3. The van der Waals surface area contributed by atoms with Crippen LogP contribution >= 0.6 is 11.6 Å². The molecule has 0 aliphatic rings. The van der Waals surface area contributed by atoms with Crippen molar-refractivity contribution in [1.29, 1.82) is 0 Å². The highest BCUT2D eigenvalue weighted by atomic mass is 35.5. The molecule has 8 heteroatoms. The molecule has 1 aromatic heterocycles. The second-order valence-electron chi connectivity index (χ2n) is 6.74. The summed E-state index contributed by atoms with van der Waals surface area (Å²) in [6.07, 6.45) is 0.828. The van der Waals surface area contributed by atoms with E-state index in [1.165, 1.54) is 0 Å². The second-order valence-corrected chi connectivity index (χ2v) is 7.18. The number of nitrogens with zero attached hydrogens (tertiary/aromatic N) is 1. The largest absolute Gasteiger partial charge is 0.486 e. The molecular weight excluding hydrogens is 406 g/mol. The molecule has 156 valence electrons. The average molecular weight is 428 g/mol. The Bertz CT molecular complexity index is 1020. The summed E-state index contributed by atoms with van der Waals surface area (Å²) < 4.78 is 10.8. The molecule has 1 atom stereocenters. The van der Waals surface area contributed by atoms with Crippen molar-refractivity contribution in [3.63, 3.8) is 0 Å². The van der Waals surface area contributed by atoms with Gasteiger partial charge in [0.2, 0.25) is 0 Å². The van der Waals surface area contributed by atoms with Crippen molar-refractivity contribution in [1.82, 2.24) is 10.5 Å². The maximum Gasteiger partial charge on any atom is 0.273 e. The van der Waals surface area contributed by atoms with Gasteiger partial charge in [-0.1, -0.05) is 29.7 Å². The Morgan fingerprint density at radius 1 is 1.13 bits per heavy atom. The fourth-order valence-electron chi connectivity index (χ4n) is 2.51. The number of rotatable bonds is 8. The van der Waals surface area contributed by atoms with E-state index in [2.05, 4.69) is 15.8 Å². The van der Waals surface area contributed by atoms with Crippen molar-refractivity contribution >= 4 is 29.1 Å². The van der Waals surface area contributed by atoms with Gasteiger partial charge in [-0.25, -0.2) is 0 Å². The quantitative estimate of drug-likeness (QED) is 0.544. The third-order valence-electron chi connectivity index (χ3n) is 4.36. The van der Waals surface area contributed by atoms with Crippen molar-refractivity contribution < 1.29 is 18.8 Å². The molecule has 2 N–H and O–H groups in total. The van der Waals surface area contributed by atoms with Gasteiger partial charge in [0.1, 0.15) is 12.4 Å². The Labute approximate surface area is 179 Å². The van der Waals surface area contributed by atoms with E-state index in [1.54, 1.807) is 54.6 Å². The molecule has 1 heterocycles. The number of aromatic nitrogens is 1. The van der Waals surface area contributed by atoms with Crippen molar-refractivity contribution in [3.05, 3.63) is 76.6 Å². The molecule has 0 fully saturated rings. The lowest BCUT2D eigenvalue weighted by molar-refractivity contribution is 0.0929. The molecule has 0 aliphatic carbocycles. The third kappa shape index (κ3) is 5.84. The number of hydrogen-bond donors (Lipinski definition) is 2. The van der Waals surface area contributed by atoms with E-state index >= 15 is 0 Å². The zero-order valence-electron chi connectivity index (χ0n) is 16.6. The van der Waals surface area contributed by atoms with Gasteiger partial charge in [-0.3, -0.25) is 9.59 Å². The van der Waals surface area contributed by atoms with E-state index in [4.69, 9.17) is 20.9 Å². The normalized spacial score (nSPS) is 11.6. The summed E-state index contributed by atoms with van der Waals surface area (Å²) in [6, 6.07) is 15.2. The SMILES string of the molecule is CC[C@@H](C)NC(=O)c1cc(COc2ccc(NC(=O)c3cccc(Cl)c3)cc2)on1. The van der Waals surface area contributed by atoms with Crippen LogP contribution in [0.25, 0.3) is 0 Å². The Kier molecular flexibility index (Phi) is 7.08. The second kappa shape index (κ2) is 9.93. The van der Waals surface area contributed by atoms with Crippen LogP contribution in [-0.2, 0) is 6.61 Å². The van der Waals surface area contributed by atoms with E-state index in [0.717, 1.165) is 6.42 Å². The minimum absolute atomic E-state index is 0.0618. The molecular formula is C22H22ClN3O4. The number of benzene rings is 2. The van der Waals surface area contributed by atoms with Gasteiger partial charge in [-0.05, 0) is 55.8 Å². The lowest BCUT2D eigenvalue weighted by atomic mass is 10.2. The van der Waals surface area contributed by atoms with Crippen molar-refractivity contribution in [2.24, 2.45) is 0 Å². The first-order valence-corrected chi connectivity index (χ1v) is 9.88. The fraction of sp³-hybridized carbons (Fsp3) is 0.227. The Hall–Kier alpha value is -3.32. The van der Waals surface area contributed by atoms with Crippen LogP contribution in [0.2, 0.25) is 5.02 Å². The molecule has 0 unspecified atom stereocenters. The smallest absolute Gasteiger partial charge is 0.273 e. The van der Waals surface area contributed by atoms with Gasteiger partial charge in [-0.2, -0.15) is 0 Å². The first-order valence-electron chi connectivity index (χ1n) is 9.51. The van der Waals surface area contributed by atoms with E-state index in [0.29, 0.717) is 27.8 Å². The Balaban J connectivity index is 1.52. The van der Waals surface area contributed by atoms with Gasteiger partial charge in [-0.15, -0.1) is 0 Å². The number of halogens is 1. The lowest BCUT2D eigenvalue weighted by Gasteiger charge is -2.08. The van der Waals surface area contributed by atoms with Crippen molar-refractivity contribution in [2.75, 3.05) is 5.32 Å². The van der Waals surface area contributed by atoms with E-state index < -0.39 is 0 Å². The molecule has 0 spiro atoms. The molecule has 2 aromatic carbocycles. The predicted molar refractivity (Wildman–Crippen MR) is 114 cm³/mol. The molecule has 3 rings (SSSR count). The zero-order chi connectivity index (χ0) is 21.5. The molecule has 7 nitrogen and oxygen atoms in total. The number of carbonyl (C=O) groups excluding carboxylic acids is 2. The predicted octanol–water partition coefficient (Wildman–Crippen LogP) is 4.69. The molecule has 3 aromatic rings. The van der Waals surface area contributed by atoms with Gasteiger partial charge in [0.25, 0.3) is 11.8 Å². The monoisotopic (exact) mass is 427 g/mol. The standard InChI is InChI=1S/C22H22ClN3O4/c1-3-14(2)24-22(28)20-12-19(30-26-20)13-29-18-9-7-17(8-10-18)25-21(27)15-5-4-6-16(23)11-15/h4-12,14H,3,13H2,1-2H3,(H,24,28)(H,25,27)/t14-/m1/s1. The van der Waals surface area contributed by atoms with Crippen LogP contribution in [0.15, 0.2) is 59.1 Å². The average Bonchev–Trinajstić information content (AvgIpc) is 3.22. The summed E-state index contributed by atoms with van der Waals surface area (Å²) in [6.45, 7) is 4.03. The van der Waals surface area contributed by atoms with Gasteiger partial charge in [0.05, 0.1) is 0 Å². The fourth-order valence-corrected chi connectivity index (χ4v) is 2.70. The van der Waals surface area contributed by atoms with Crippen LogP contribution in [0.5, 0.6) is 5.75 Å². The number of nitrogens with one attached hydrogen (secondary N) is 2. The van der Waals surface area contributed by atoms with E-state index in [9.17, 15) is 9.59 Å². The maximum atomic E-state index is 12.3. The topological polar surface area (TPSA) is 93.5 Å². The van der Waals surface area contributed by atoms with Gasteiger partial charge < -0.3 is 19.9 Å². The summed E-state index contributed by atoms with van der Waals surface area (Å²) in [4.78, 5) is 24.3. The Morgan fingerprint density at radius 2 is 1.90 bits per heavy atom. The highest BCUT2D eigenvalue weighted by Gasteiger charge is 2.14. The number of anilines is 1. The molecule has 30 heavy (non-hydrogen) atoms. The van der Waals surface area contributed by atoms with Crippen LogP contribution < -0.4 is 15.4 Å². The minimum atomic E-state index is -0.279. The lowest BCUT2D eigenvalue weighted by Crippen LogP contribution is -2.32. The summed E-state index contributed by atoms with van der Waals surface area (Å²) in [5.74, 6) is 0.482. The van der Waals surface area contributed by atoms with Crippen LogP contribution in [0, 0.1) is 0 Å². The van der Waals surface area contributed by atoms with Crippen molar-refractivity contribution in [2.45, 2.75) is 32.9 Å². The van der Waals surface area contributed by atoms with Gasteiger partial charge >= 0.3 is 0 Å². The van der Waals surface area contributed by atoms with Gasteiger partial charge in [0.15, 0.2) is 11.5 Å². The van der Waals surface area contributed by atoms with E-state index in [1.807, 2.05) is 13.8 Å². The molecule has 0 saturated heterocycles. The van der Waals surface area contributed by atoms with Crippen LogP contribution in [-0.4, -0.2) is 23.0 Å². The summed E-state index contributed by atoms with van der Waals surface area (Å²) in [7, 11) is 0. The summed E-state index contributed by atoms with van der Waals surface area (Å²) in [5, 5.41) is 9.89. The zero-order valence-corrected chi connectivity index (χ0v) is 17.4. The first kappa shape index (κ1) is 21.4. The highest BCUT2D eigenvalue weighted by molar-refractivity contribution is 6.31. The van der Waals surface area contributed by atoms with E-state index in [-0.39, 0.29) is 30.2 Å². The summed E-state index contributed by atoms with van der Waals surface area (Å²) in [5.41, 5.74) is 1.31. The number of carbonyl (C=O) groups is 2. The first-order chi connectivity index (χ1) is 14.4. The highest BCUT2D eigenvalue weighted by Crippen LogP contribution is 2.19. The Morgan fingerprint density at radius 3 is 2.60 bits per heavy atom.